The summed E-state index contributed by atoms with van der Waals surface area (Å²) < 4.78 is 40.1. The van der Waals surface area contributed by atoms with Crippen molar-refractivity contribution in [3.8, 4) is 0 Å². The van der Waals surface area contributed by atoms with E-state index >= 15 is 0 Å². The zero-order valence-corrected chi connectivity index (χ0v) is 44.0. The van der Waals surface area contributed by atoms with Crippen molar-refractivity contribution in [2.75, 3.05) is 23.7 Å². The molecule has 0 spiro atoms. The van der Waals surface area contributed by atoms with E-state index in [1.165, 1.54) is 0 Å². The van der Waals surface area contributed by atoms with Crippen LogP contribution < -0.4 is 114 Å². The second-order valence-electron chi connectivity index (χ2n) is 15.4. The summed E-state index contributed by atoms with van der Waals surface area (Å²) in [4.78, 5) is 38.4. The average molecular weight is 914 g/mol. The largest absolute Gasteiger partial charge is 1.00 e. The number of unbranched alkanes of at least 4 members (excludes halogenated alkanes) is 1. The van der Waals surface area contributed by atoms with Crippen molar-refractivity contribution in [3.05, 3.63) is 113 Å². The second-order valence-corrected chi connectivity index (χ2v) is 17.7. The molecule has 0 fully saturated rings. The monoisotopic (exact) mass is 913 g/mol. The van der Waals surface area contributed by atoms with Crippen LogP contribution in [0.3, 0.4) is 0 Å². The van der Waals surface area contributed by atoms with Crippen molar-refractivity contribution in [3.63, 3.8) is 0 Å². The number of carboxylic acid groups (broad SMARTS) is 2. The average Bonchev–Trinajstić information content (AvgIpc) is 3.52. The van der Waals surface area contributed by atoms with Gasteiger partial charge in [-0.3, -0.25) is 9.83 Å². The van der Waals surface area contributed by atoms with Gasteiger partial charge in [0.15, 0.2) is 12.3 Å². The molecule has 314 valence electrons. The molecule has 2 heterocycles. The summed E-state index contributed by atoms with van der Waals surface area (Å²) in [6.45, 7) is 11.1. The molecule has 3 aromatic rings. The second kappa shape index (κ2) is 24.4. The van der Waals surface area contributed by atoms with Crippen molar-refractivity contribution >= 4 is 67.9 Å². The van der Waals surface area contributed by atoms with Crippen molar-refractivity contribution in [2.45, 2.75) is 82.1 Å². The molecule has 0 bridgehead atoms. The van der Waals surface area contributed by atoms with Crippen LogP contribution in [0.25, 0.3) is 10.8 Å². The zero-order valence-electron chi connectivity index (χ0n) is 36.4. The third kappa shape index (κ3) is 14.0. The molecule has 0 saturated heterocycles. The van der Waals surface area contributed by atoms with Crippen LogP contribution in [0.4, 0.5) is 11.4 Å². The number of nitrogens with zero attached hydrogens (tertiary/aromatic N) is 2. The minimum atomic E-state index is -4.29. The third-order valence-corrected chi connectivity index (χ3v) is 11.9. The zero-order chi connectivity index (χ0) is 43.1. The van der Waals surface area contributed by atoms with E-state index in [-0.39, 0.29) is 113 Å². The maximum Gasteiger partial charge on any atom is 1.00 e. The Bertz CT molecular complexity index is 2400. The van der Waals surface area contributed by atoms with Crippen molar-refractivity contribution in [1.82, 2.24) is 5.32 Å². The first-order valence-electron chi connectivity index (χ1n) is 18.9. The number of carboxylic acids is 2. The van der Waals surface area contributed by atoms with Gasteiger partial charge in [-0.2, -0.15) is 8.91 Å². The fraction of sp³-hybridized carbons (Fsp3) is 0.349. The number of carbonyl (C=O) groups is 3. The Labute approximate surface area is 433 Å². The van der Waals surface area contributed by atoms with Gasteiger partial charge in [-0.25, -0.2) is 8.42 Å². The van der Waals surface area contributed by atoms with Gasteiger partial charge >= 0.3 is 88.7 Å². The molecular weight excluding hydrogens is 868 g/mol. The Morgan fingerprint density at radius 2 is 1.68 bits per heavy atom. The van der Waals surface area contributed by atoms with Gasteiger partial charge in [0.1, 0.15) is 0 Å². The number of carbonyl (C=O) groups excluding carboxylic acids is 3. The third-order valence-electron chi connectivity index (χ3n) is 10.6. The van der Waals surface area contributed by atoms with Gasteiger partial charge in [0, 0.05) is 64.1 Å². The Hall–Kier alpha value is -2.10. The Balaban J connectivity index is 0.00000441. The SMILES string of the molecule is CC(/C=C/C=C1/N(CCCCS(=O)(=O)[O-])c2ccccc2C1(C)C)=C\C=C\C1=[N+](CCC(=O)NC(CC(=O)[O-])C(=O)[O-])c2ccc3cc(SOO[O-])ccc3c2C1(C)C.[Na+].[Na+].[Na+]. The number of aliphatic carboxylic acids is 2. The smallest absolute Gasteiger partial charge is 0.748 e. The molecule has 5 rings (SSSR count). The van der Waals surface area contributed by atoms with Gasteiger partial charge in [-0.15, -0.1) is 0 Å². The number of anilines is 1. The molecule has 2 aliphatic rings. The normalized spacial score (nSPS) is 16.5. The van der Waals surface area contributed by atoms with Gasteiger partial charge in [-0.1, -0.05) is 68.0 Å². The molecule has 62 heavy (non-hydrogen) atoms. The summed E-state index contributed by atoms with van der Waals surface area (Å²) in [6.07, 6.45) is 11.5. The van der Waals surface area contributed by atoms with Crippen LogP contribution in [-0.4, -0.2) is 66.0 Å². The molecule has 1 amide bonds. The van der Waals surface area contributed by atoms with E-state index in [2.05, 4.69) is 59.4 Å². The van der Waals surface area contributed by atoms with E-state index in [0.29, 0.717) is 17.9 Å². The summed E-state index contributed by atoms with van der Waals surface area (Å²) in [6, 6.07) is 15.8. The van der Waals surface area contributed by atoms with Crippen molar-refractivity contribution < 1.29 is 145 Å². The summed E-state index contributed by atoms with van der Waals surface area (Å²) in [5.74, 6) is -4.43. The topological polar surface area (TPSA) is 214 Å². The minimum Gasteiger partial charge on any atom is -0.748 e. The standard InChI is InChI=1S/C43H49N3O11S2.3Na/c1-28(12-10-16-36-42(2,3)32-14-6-7-15-34(32)45(36)23-8-9-25-59(53,54)55)13-11-17-37-43(4,5)40-31-20-19-30(58-57-56-52)26-29(31)18-21-35(40)46(37)24-22-38(47)44-33(41(50)51)27-39(48)49;;;/h6-7,10-21,26,33H,8-9,22-25,27H2,1-5H3,(H4-,44,47,48,49,50,51,52,53,54,55);;;/q;3*+1/p-3. The maximum absolute atomic E-state index is 13.0. The van der Waals surface area contributed by atoms with Crippen LogP contribution in [0.5, 0.6) is 0 Å². The first-order valence-corrected chi connectivity index (χ1v) is 21.3. The van der Waals surface area contributed by atoms with Crippen LogP contribution in [0, 0.1) is 0 Å². The number of nitrogens with one attached hydrogen (secondary N) is 1. The number of hydrogen-bond acceptors (Lipinski definition) is 13. The molecular formula is C43H46N3Na3O11S2. The van der Waals surface area contributed by atoms with Crippen LogP contribution in [0.2, 0.25) is 0 Å². The summed E-state index contributed by atoms with van der Waals surface area (Å²) in [5.41, 5.74) is 5.89. The van der Waals surface area contributed by atoms with Gasteiger partial charge in [-0.05, 0) is 80.3 Å². The first kappa shape index (κ1) is 56.0. The van der Waals surface area contributed by atoms with Gasteiger partial charge in [0.25, 0.3) is 0 Å². The maximum atomic E-state index is 13.0. The quantitative estimate of drug-likeness (QED) is 0.0174. The summed E-state index contributed by atoms with van der Waals surface area (Å²) in [5, 5.41) is 40.5. The number of hydrogen-bond donors (Lipinski definition) is 1. The van der Waals surface area contributed by atoms with E-state index < -0.39 is 51.6 Å². The van der Waals surface area contributed by atoms with Crippen LogP contribution in [0.15, 0.2) is 107 Å². The molecule has 14 nitrogen and oxygen atoms in total. The van der Waals surface area contributed by atoms with Crippen molar-refractivity contribution in [1.29, 1.82) is 0 Å². The molecule has 0 saturated carbocycles. The molecule has 1 N–H and O–H groups in total. The molecule has 3 aromatic carbocycles. The molecule has 0 aromatic heterocycles. The first-order chi connectivity index (χ1) is 27.8. The fourth-order valence-electron chi connectivity index (χ4n) is 7.83. The van der Waals surface area contributed by atoms with E-state index in [4.69, 9.17) is 0 Å². The summed E-state index contributed by atoms with van der Waals surface area (Å²) in [7, 11) is -4.29. The van der Waals surface area contributed by atoms with Crippen LogP contribution in [0.1, 0.15) is 71.4 Å². The molecule has 0 radical (unpaired) electrons. The number of fused-ring (bicyclic) bond motifs is 4. The molecule has 2 aliphatic heterocycles. The molecule has 19 heteroatoms. The predicted molar refractivity (Wildman–Crippen MR) is 217 cm³/mol. The molecule has 1 atom stereocenters. The molecule has 0 aliphatic carbocycles. The Kier molecular flexibility index (Phi) is 22.1. The Morgan fingerprint density at radius 1 is 0.968 bits per heavy atom. The number of allylic oxidation sites excluding steroid dienone is 8. The molecule has 1 unspecified atom stereocenters. The van der Waals surface area contributed by atoms with Gasteiger partial charge < -0.3 is 39.8 Å². The number of benzene rings is 3. The fourth-order valence-corrected chi connectivity index (χ4v) is 8.79. The minimum absolute atomic E-state index is 0. The van der Waals surface area contributed by atoms with Gasteiger partial charge in [0.05, 0.1) is 46.0 Å². The number of para-hydroxylation sites is 1. The predicted octanol–water partition coefficient (Wildman–Crippen LogP) is -5.71. The van der Waals surface area contributed by atoms with Crippen LogP contribution >= 0.6 is 12.0 Å². The van der Waals surface area contributed by atoms with E-state index in [9.17, 15) is 42.8 Å². The van der Waals surface area contributed by atoms with Gasteiger partial charge in [0.2, 0.25) is 11.6 Å². The number of rotatable bonds is 19. The summed E-state index contributed by atoms with van der Waals surface area (Å²) >= 11 is 0.781. The van der Waals surface area contributed by atoms with Crippen molar-refractivity contribution in [2.24, 2.45) is 0 Å². The van der Waals surface area contributed by atoms with E-state index in [1.807, 2.05) is 84.3 Å². The van der Waals surface area contributed by atoms with E-state index in [0.717, 1.165) is 62.3 Å². The Morgan fingerprint density at radius 3 is 2.34 bits per heavy atom. The van der Waals surface area contributed by atoms with Crippen LogP contribution in [-0.2, 0) is 44.7 Å². The number of amides is 1. The van der Waals surface area contributed by atoms with E-state index in [1.54, 1.807) is 6.07 Å².